The average Bonchev–Trinajstić information content (AvgIpc) is 2.27. The molecule has 0 radical (unpaired) electrons. The first-order valence-corrected chi connectivity index (χ1v) is 5.14. The monoisotopic (exact) mass is 219 g/mol. The Hall–Kier alpha value is -1.68. The Morgan fingerprint density at radius 3 is 2.12 bits per heavy atom. The van der Waals surface area contributed by atoms with Crippen LogP contribution in [-0.4, -0.2) is 44.8 Å². The van der Waals surface area contributed by atoms with E-state index in [0.29, 0.717) is 6.54 Å². The molecule has 1 rings (SSSR count). The van der Waals surface area contributed by atoms with Crippen LogP contribution in [0, 0.1) is 0 Å². The predicted molar refractivity (Wildman–Crippen MR) is 69.1 cm³/mol. The number of aliphatic hydroxyl groups excluding tert-OH is 1. The summed E-state index contributed by atoms with van der Waals surface area (Å²) >= 11 is 0. The molecule has 0 aliphatic carbocycles. The predicted octanol–water partition coefficient (Wildman–Crippen LogP) is 1.19. The van der Waals surface area contributed by atoms with Crippen molar-refractivity contribution in [1.82, 2.24) is 0 Å². The maximum atomic E-state index is 8.76. The van der Waals surface area contributed by atoms with Crippen molar-refractivity contribution in [3.05, 3.63) is 29.3 Å². The van der Waals surface area contributed by atoms with E-state index < -0.39 is 0 Å². The normalized spacial score (nSPS) is 11.4. The van der Waals surface area contributed by atoms with E-state index >= 15 is 0 Å². The highest BCUT2D eigenvalue weighted by atomic mass is 16.3. The highest BCUT2D eigenvalue weighted by Crippen LogP contribution is 2.12. The lowest BCUT2D eigenvalue weighted by atomic mass is 10.1. The molecule has 2 N–H and O–H groups in total. The van der Waals surface area contributed by atoms with Gasteiger partial charge in [-0.25, -0.2) is 0 Å². The fourth-order valence-electron chi connectivity index (χ4n) is 1.43. The van der Waals surface area contributed by atoms with Gasteiger partial charge in [-0.1, -0.05) is 0 Å². The largest absolute Gasteiger partial charge is 0.395 e. The Bertz CT molecular complexity index is 356. The third-order valence-electron chi connectivity index (χ3n) is 1.97. The van der Waals surface area contributed by atoms with Gasteiger partial charge in [0, 0.05) is 38.8 Å². The van der Waals surface area contributed by atoms with Gasteiger partial charge < -0.3 is 10.4 Å². The molecule has 0 saturated heterocycles. The Morgan fingerprint density at radius 1 is 1.12 bits per heavy atom. The van der Waals surface area contributed by atoms with Crippen LogP contribution in [0.3, 0.4) is 0 Å². The Kier molecular flexibility index (Phi) is 5.22. The van der Waals surface area contributed by atoms with Crippen LogP contribution < -0.4 is 5.32 Å². The third kappa shape index (κ3) is 3.82. The molecule has 0 bridgehead atoms. The fourth-order valence-corrected chi connectivity index (χ4v) is 1.43. The van der Waals surface area contributed by atoms with Gasteiger partial charge in [-0.05, 0) is 29.3 Å². The molecule has 0 aliphatic rings. The molecule has 0 amide bonds. The molecular weight excluding hydrogens is 202 g/mol. The highest BCUT2D eigenvalue weighted by Gasteiger charge is 1.97. The molecule has 0 aromatic heterocycles. The number of hydrogen-bond acceptors (Lipinski definition) is 4. The van der Waals surface area contributed by atoms with Gasteiger partial charge in [0.05, 0.1) is 6.61 Å². The summed E-state index contributed by atoms with van der Waals surface area (Å²) in [5.41, 5.74) is 2.99. The van der Waals surface area contributed by atoms with Gasteiger partial charge in [0.15, 0.2) is 0 Å². The third-order valence-corrected chi connectivity index (χ3v) is 1.97. The van der Waals surface area contributed by atoms with E-state index in [4.69, 9.17) is 5.11 Å². The summed E-state index contributed by atoms with van der Waals surface area (Å²) in [5, 5.41) is 11.9. The van der Waals surface area contributed by atoms with E-state index in [0.717, 1.165) is 16.8 Å². The maximum Gasteiger partial charge on any atom is 0.0604 e. The molecule has 0 spiro atoms. The molecule has 0 saturated carbocycles. The molecule has 0 aliphatic heterocycles. The molecule has 0 atom stereocenters. The second-order valence-corrected chi connectivity index (χ2v) is 3.31. The first-order valence-electron chi connectivity index (χ1n) is 5.14. The lowest BCUT2D eigenvalue weighted by molar-refractivity contribution is 0.311. The summed E-state index contributed by atoms with van der Waals surface area (Å²) in [6.45, 7) is 0.652. The minimum absolute atomic E-state index is 0.114. The number of benzene rings is 1. The topological polar surface area (TPSA) is 57.0 Å². The molecule has 0 heterocycles. The number of nitrogens with zero attached hydrogens (tertiary/aromatic N) is 2. The molecular formula is C12H17N3O. The van der Waals surface area contributed by atoms with Crippen molar-refractivity contribution in [2.45, 2.75) is 0 Å². The summed E-state index contributed by atoms with van der Waals surface area (Å²) in [5.74, 6) is 0. The Labute approximate surface area is 95.8 Å². The van der Waals surface area contributed by atoms with E-state index in [2.05, 4.69) is 15.3 Å². The van der Waals surface area contributed by atoms with Crippen LogP contribution in [0.1, 0.15) is 11.1 Å². The zero-order valence-electron chi connectivity index (χ0n) is 9.64. The fraction of sp³-hybridized carbons (Fsp3) is 0.333. The second-order valence-electron chi connectivity index (χ2n) is 3.31. The number of anilines is 1. The van der Waals surface area contributed by atoms with Gasteiger partial charge in [0.25, 0.3) is 0 Å². The SMILES string of the molecule is C/N=C/c1cc(/C=N/C)cc(NCCO)c1. The van der Waals surface area contributed by atoms with Gasteiger partial charge in [-0.3, -0.25) is 9.98 Å². The van der Waals surface area contributed by atoms with Gasteiger partial charge in [0.1, 0.15) is 0 Å². The van der Waals surface area contributed by atoms with Gasteiger partial charge >= 0.3 is 0 Å². The lowest BCUT2D eigenvalue weighted by Gasteiger charge is -2.06. The molecule has 0 fully saturated rings. The Balaban J connectivity index is 2.98. The molecule has 1 aromatic rings. The molecule has 4 nitrogen and oxygen atoms in total. The molecule has 0 unspecified atom stereocenters. The van der Waals surface area contributed by atoms with E-state index in [9.17, 15) is 0 Å². The van der Waals surface area contributed by atoms with E-state index in [1.165, 1.54) is 0 Å². The highest BCUT2D eigenvalue weighted by molar-refractivity contribution is 5.88. The smallest absolute Gasteiger partial charge is 0.0604 e. The number of aliphatic imine (C=N–C) groups is 2. The molecule has 1 aromatic carbocycles. The Morgan fingerprint density at radius 2 is 1.69 bits per heavy atom. The van der Waals surface area contributed by atoms with E-state index in [1.807, 2.05) is 18.2 Å². The molecule has 16 heavy (non-hydrogen) atoms. The zero-order chi connectivity index (χ0) is 11.8. The average molecular weight is 219 g/mol. The van der Waals surface area contributed by atoms with Crippen molar-refractivity contribution in [3.8, 4) is 0 Å². The van der Waals surface area contributed by atoms with Crippen LogP contribution >= 0.6 is 0 Å². The van der Waals surface area contributed by atoms with Crippen molar-refractivity contribution in [3.63, 3.8) is 0 Å². The first kappa shape index (κ1) is 12.4. The van der Waals surface area contributed by atoms with Gasteiger partial charge in [-0.15, -0.1) is 0 Å². The summed E-state index contributed by atoms with van der Waals surface area (Å²) in [6.07, 6.45) is 3.58. The maximum absolute atomic E-state index is 8.76. The minimum atomic E-state index is 0.114. The first-order chi connectivity index (χ1) is 7.80. The van der Waals surface area contributed by atoms with E-state index in [1.54, 1.807) is 26.5 Å². The van der Waals surface area contributed by atoms with Crippen LogP contribution in [0.4, 0.5) is 5.69 Å². The molecule has 4 heteroatoms. The zero-order valence-corrected chi connectivity index (χ0v) is 9.64. The number of hydrogen-bond donors (Lipinski definition) is 2. The van der Waals surface area contributed by atoms with E-state index in [-0.39, 0.29) is 6.61 Å². The van der Waals surface area contributed by atoms with Crippen molar-refractivity contribution in [1.29, 1.82) is 0 Å². The molecule has 86 valence electrons. The van der Waals surface area contributed by atoms with Gasteiger partial charge in [-0.2, -0.15) is 0 Å². The lowest BCUT2D eigenvalue weighted by Crippen LogP contribution is -2.06. The summed E-state index contributed by atoms with van der Waals surface area (Å²) < 4.78 is 0. The summed E-state index contributed by atoms with van der Waals surface area (Å²) in [4.78, 5) is 7.96. The summed E-state index contributed by atoms with van der Waals surface area (Å²) in [7, 11) is 3.48. The van der Waals surface area contributed by atoms with Crippen LogP contribution in [0.25, 0.3) is 0 Å². The standard InChI is InChI=1S/C12H17N3O/c1-13-8-10-5-11(9-14-2)7-12(6-10)15-3-4-16/h5-9,15-16H,3-4H2,1-2H3/b13-8+,14-9+. The van der Waals surface area contributed by atoms with Gasteiger partial charge in [0.2, 0.25) is 0 Å². The van der Waals surface area contributed by atoms with Crippen LogP contribution in [0.2, 0.25) is 0 Å². The minimum Gasteiger partial charge on any atom is -0.395 e. The number of aliphatic hydroxyl groups is 1. The summed E-state index contributed by atoms with van der Waals surface area (Å²) in [6, 6.07) is 5.97. The van der Waals surface area contributed by atoms with Crippen molar-refractivity contribution in [2.75, 3.05) is 32.6 Å². The van der Waals surface area contributed by atoms with Crippen molar-refractivity contribution in [2.24, 2.45) is 9.98 Å². The van der Waals surface area contributed by atoms with Crippen LogP contribution in [-0.2, 0) is 0 Å². The van der Waals surface area contributed by atoms with Crippen LogP contribution in [0.5, 0.6) is 0 Å². The van der Waals surface area contributed by atoms with Crippen LogP contribution in [0.15, 0.2) is 28.2 Å². The second kappa shape index (κ2) is 6.74. The number of rotatable bonds is 5. The number of nitrogens with one attached hydrogen (secondary N) is 1. The quantitative estimate of drug-likeness (QED) is 0.731. The van der Waals surface area contributed by atoms with Crippen molar-refractivity contribution < 1.29 is 5.11 Å². The van der Waals surface area contributed by atoms with Crippen molar-refractivity contribution >= 4 is 18.1 Å².